The Bertz CT molecular complexity index is 842. The van der Waals surface area contributed by atoms with Crippen LogP contribution in [0.1, 0.15) is 15.9 Å². The van der Waals surface area contributed by atoms with Crippen LogP contribution < -0.4 is 24.4 Å². The third-order valence-corrected chi connectivity index (χ3v) is 3.98. The van der Waals surface area contributed by atoms with Gasteiger partial charge in [0.1, 0.15) is 0 Å². The SMILES string of the molecule is COc1cc(C(=O)Nc2cc(C(F)(F)F)ccc2N(C)C)cc(OC)c1OC. The molecule has 0 unspecified atom stereocenters. The van der Waals surface area contributed by atoms with Crippen LogP contribution in [0.25, 0.3) is 0 Å². The summed E-state index contributed by atoms with van der Waals surface area (Å²) in [5.74, 6) is 0.184. The molecular formula is C19H21F3N2O4. The highest BCUT2D eigenvalue weighted by molar-refractivity contribution is 6.06. The quantitative estimate of drug-likeness (QED) is 0.796. The molecule has 0 heterocycles. The van der Waals surface area contributed by atoms with Crippen LogP contribution in [0.5, 0.6) is 17.2 Å². The first-order valence-electron chi connectivity index (χ1n) is 8.12. The number of rotatable bonds is 6. The summed E-state index contributed by atoms with van der Waals surface area (Å²) in [6, 6.07) is 5.99. The summed E-state index contributed by atoms with van der Waals surface area (Å²) in [7, 11) is 7.55. The molecule has 0 aliphatic heterocycles. The topological polar surface area (TPSA) is 60.0 Å². The first kappa shape index (κ1) is 21.2. The number of nitrogens with zero attached hydrogens (tertiary/aromatic N) is 1. The van der Waals surface area contributed by atoms with E-state index in [1.54, 1.807) is 19.0 Å². The standard InChI is InChI=1S/C19H21F3N2O4/c1-24(2)14-7-6-12(19(20,21)22)10-13(14)23-18(25)11-8-15(26-3)17(28-5)16(9-11)27-4/h6-10H,1-5H3,(H,23,25). The van der Waals surface area contributed by atoms with Gasteiger partial charge < -0.3 is 24.4 Å². The molecule has 0 aromatic heterocycles. The molecule has 1 N–H and O–H groups in total. The first-order chi connectivity index (χ1) is 13.1. The number of hydrogen-bond donors (Lipinski definition) is 1. The van der Waals surface area contributed by atoms with Crippen molar-refractivity contribution in [1.29, 1.82) is 0 Å². The van der Waals surface area contributed by atoms with E-state index < -0.39 is 17.6 Å². The lowest BCUT2D eigenvalue weighted by molar-refractivity contribution is -0.137. The Morgan fingerprint density at radius 2 is 1.54 bits per heavy atom. The second-order valence-electron chi connectivity index (χ2n) is 5.99. The number of halogens is 3. The van der Waals surface area contributed by atoms with Crippen LogP contribution in [0, 0.1) is 0 Å². The van der Waals surface area contributed by atoms with Gasteiger partial charge in [-0.2, -0.15) is 13.2 Å². The molecule has 0 bridgehead atoms. The number of anilines is 2. The number of hydrogen-bond acceptors (Lipinski definition) is 5. The van der Waals surface area contributed by atoms with Gasteiger partial charge in [0.05, 0.1) is 38.3 Å². The minimum absolute atomic E-state index is 0.0265. The van der Waals surface area contributed by atoms with Gasteiger partial charge in [-0.05, 0) is 30.3 Å². The number of carbonyl (C=O) groups excluding carboxylic acids is 1. The lowest BCUT2D eigenvalue weighted by Crippen LogP contribution is -2.18. The van der Waals surface area contributed by atoms with Gasteiger partial charge in [0.25, 0.3) is 5.91 Å². The summed E-state index contributed by atoms with van der Waals surface area (Å²) in [6.07, 6.45) is -4.53. The molecule has 1 amide bonds. The molecule has 0 atom stereocenters. The van der Waals surface area contributed by atoms with E-state index in [2.05, 4.69) is 5.32 Å². The molecule has 152 valence electrons. The first-order valence-corrected chi connectivity index (χ1v) is 8.12. The smallest absolute Gasteiger partial charge is 0.416 e. The van der Waals surface area contributed by atoms with Crippen LogP contribution in [0.4, 0.5) is 24.5 Å². The Hall–Kier alpha value is -3.10. The van der Waals surface area contributed by atoms with Gasteiger partial charge in [-0.15, -0.1) is 0 Å². The molecule has 0 fully saturated rings. The minimum Gasteiger partial charge on any atom is -0.493 e. The van der Waals surface area contributed by atoms with Crippen LogP contribution in [0.2, 0.25) is 0 Å². The average Bonchev–Trinajstić information content (AvgIpc) is 2.65. The summed E-state index contributed by atoms with van der Waals surface area (Å²) >= 11 is 0. The molecule has 2 aromatic rings. The third-order valence-electron chi connectivity index (χ3n) is 3.98. The maximum atomic E-state index is 13.1. The van der Waals surface area contributed by atoms with Gasteiger partial charge in [0.2, 0.25) is 5.75 Å². The minimum atomic E-state index is -4.53. The lowest BCUT2D eigenvalue weighted by atomic mass is 10.1. The van der Waals surface area contributed by atoms with Crippen molar-refractivity contribution in [3.05, 3.63) is 41.5 Å². The molecule has 0 saturated carbocycles. The molecule has 6 nitrogen and oxygen atoms in total. The molecular weight excluding hydrogens is 377 g/mol. The van der Waals surface area contributed by atoms with Gasteiger partial charge in [0.15, 0.2) is 11.5 Å². The Kier molecular flexibility index (Phi) is 6.27. The maximum Gasteiger partial charge on any atom is 0.416 e. The third kappa shape index (κ3) is 4.41. The van der Waals surface area contributed by atoms with E-state index in [4.69, 9.17) is 14.2 Å². The van der Waals surface area contributed by atoms with Gasteiger partial charge in [-0.25, -0.2) is 0 Å². The van der Waals surface area contributed by atoms with Crippen LogP contribution in [0.15, 0.2) is 30.3 Å². The van der Waals surface area contributed by atoms with Crippen LogP contribution >= 0.6 is 0 Å². The number of carbonyl (C=O) groups is 1. The van der Waals surface area contributed by atoms with Gasteiger partial charge in [0, 0.05) is 19.7 Å². The molecule has 28 heavy (non-hydrogen) atoms. The van der Waals surface area contributed by atoms with Crippen molar-refractivity contribution in [3.63, 3.8) is 0 Å². The van der Waals surface area contributed by atoms with E-state index in [0.717, 1.165) is 12.1 Å². The fraction of sp³-hybridized carbons (Fsp3) is 0.316. The number of amides is 1. The van der Waals surface area contributed by atoms with Crippen molar-refractivity contribution in [2.75, 3.05) is 45.6 Å². The fourth-order valence-electron chi connectivity index (χ4n) is 2.61. The summed E-state index contributed by atoms with van der Waals surface area (Å²) in [5, 5.41) is 2.53. The second-order valence-corrected chi connectivity index (χ2v) is 5.99. The van der Waals surface area contributed by atoms with Crippen molar-refractivity contribution in [2.24, 2.45) is 0 Å². The maximum absolute atomic E-state index is 13.1. The predicted molar refractivity (Wildman–Crippen MR) is 99.8 cm³/mol. The molecule has 2 aromatic carbocycles. The monoisotopic (exact) mass is 398 g/mol. The van der Waals surface area contributed by atoms with E-state index >= 15 is 0 Å². The molecule has 0 radical (unpaired) electrons. The zero-order valence-electron chi connectivity index (χ0n) is 16.1. The number of methoxy groups -OCH3 is 3. The zero-order chi connectivity index (χ0) is 21.1. The van der Waals surface area contributed by atoms with Crippen molar-refractivity contribution < 1.29 is 32.2 Å². The number of nitrogens with one attached hydrogen (secondary N) is 1. The highest BCUT2D eigenvalue weighted by Gasteiger charge is 2.31. The van der Waals surface area contributed by atoms with Crippen LogP contribution in [0.3, 0.4) is 0 Å². The van der Waals surface area contributed by atoms with E-state index in [-0.39, 0.29) is 22.7 Å². The lowest BCUT2D eigenvalue weighted by Gasteiger charge is -2.20. The largest absolute Gasteiger partial charge is 0.493 e. The molecule has 0 aliphatic carbocycles. The van der Waals surface area contributed by atoms with Crippen LogP contribution in [-0.2, 0) is 6.18 Å². The number of benzene rings is 2. The van der Waals surface area contributed by atoms with Crippen LogP contribution in [-0.4, -0.2) is 41.3 Å². The fourth-order valence-corrected chi connectivity index (χ4v) is 2.61. The Balaban J connectivity index is 2.47. The Morgan fingerprint density at radius 3 is 1.96 bits per heavy atom. The van der Waals surface area contributed by atoms with Gasteiger partial charge in [-0.3, -0.25) is 4.79 Å². The summed E-state index contributed by atoms with van der Waals surface area (Å²) in [5.41, 5.74) is -0.276. The molecule has 0 aliphatic rings. The zero-order valence-corrected chi connectivity index (χ0v) is 16.1. The number of ether oxygens (including phenoxy) is 3. The molecule has 2 rings (SSSR count). The van der Waals surface area contributed by atoms with E-state index in [1.165, 1.54) is 39.5 Å². The normalized spacial score (nSPS) is 11.0. The van der Waals surface area contributed by atoms with Gasteiger partial charge >= 0.3 is 6.18 Å². The van der Waals surface area contributed by atoms with E-state index in [0.29, 0.717) is 11.4 Å². The second kappa shape index (κ2) is 8.28. The summed E-state index contributed by atoms with van der Waals surface area (Å²) < 4.78 is 54.8. The van der Waals surface area contributed by atoms with Crippen molar-refractivity contribution in [1.82, 2.24) is 0 Å². The van der Waals surface area contributed by atoms with Gasteiger partial charge in [-0.1, -0.05) is 0 Å². The summed E-state index contributed by atoms with van der Waals surface area (Å²) in [6.45, 7) is 0. The molecule has 0 saturated heterocycles. The van der Waals surface area contributed by atoms with Crippen molar-refractivity contribution in [2.45, 2.75) is 6.18 Å². The average molecular weight is 398 g/mol. The molecule has 0 spiro atoms. The molecule has 9 heteroatoms. The van der Waals surface area contributed by atoms with E-state index in [1.807, 2.05) is 0 Å². The Morgan fingerprint density at radius 1 is 0.964 bits per heavy atom. The highest BCUT2D eigenvalue weighted by atomic mass is 19.4. The highest BCUT2D eigenvalue weighted by Crippen LogP contribution is 2.39. The van der Waals surface area contributed by atoms with Crippen molar-refractivity contribution >= 4 is 17.3 Å². The predicted octanol–water partition coefficient (Wildman–Crippen LogP) is 4.05. The van der Waals surface area contributed by atoms with Crippen molar-refractivity contribution in [3.8, 4) is 17.2 Å². The number of alkyl halides is 3. The summed E-state index contributed by atoms with van der Waals surface area (Å²) in [4.78, 5) is 14.3. The Labute approximate surface area is 160 Å². The van der Waals surface area contributed by atoms with E-state index in [9.17, 15) is 18.0 Å².